The maximum absolute atomic E-state index is 12.5. The third kappa shape index (κ3) is 7.08. The van der Waals surface area contributed by atoms with Crippen molar-refractivity contribution in [3.8, 4) is 0 Å². The molecule has 1 amide bonds. The molecule has 0 saturated heterocycles. The Labute approximate surface area is 172 Å². The molecule has 0 fully saturated rings. The summed E-state index contributed by atoms with van der Waals surface area (Å²) in [6.07, 6.45) is 0.332. The first-order valence-electron chi connectivity index (χ1n) is 8.97. The number of aromatic nitrogens is 2. The van der Waals surface area contributed by atoms with Crippen LogP contribution in [0.15, 0.2) is 23.4 Å². The van der Waals surface area contributed by atoms with E-state index in [-0.39, 0.29) is 29.9 Å². The SMILES string of the molecule is Cc1ccc(NC(=O)COC(=O)CCc2c(C)nc(SC(F)F)nc2C)cc1C. The van der Waals surface area contributed by atoms with Gasteiger partial charge in [0, 0.05) is 23.5 Å². The number of aryl methyl sites for hydroxylation is 4. The van der Waals surface area contributed by atoms with E-state index in [2.05, 4.69) is 15.3 Å². The first-order chi connectivity index (χ1) is 13.7. The van der Waals surface area contributed by atoms with Gasteiger partial charge in [-0.2, -0.15) is 8.78 Å². The molecule has 1 N–H and O–H groups in total. The predicted molar refractivity (Wildman–Crippen MR) is 107 cm³/mol. The lowest BCUT2D eigenvalue weighted by Gasteiger charge is -2.11. The van der Waals surface area contributed by atoms with Gasteiger partial charge in [0.15, 0.2) is 11.8 Å². The van der Waals surface area contributed by atoms with Crippen LogP contribution >= 0.6 is 11.8 Å². The van der Waals surface area contributed by atoms with Crippen LogP contribution in [0.2, 0.25) is 0 Å². The number of thioether (sulfide) groups is 1. The van der Waals surface area contributed by atoms with Gasteiger partial charge >= 0.3 is 5.97 Å². The Morgan fingerprint density at radius 2 is 1.76 bits per heavy atom. The average molecular weight is 423 g/mol. The Morgan fingerprint density at radius 1 is 1.10 bits per heavy atom. The van der Waals surface area contributed by atoms with Crippen LogP contribution in [-0.4, -0.2) is 34.2 Å². The molecule has 1 aromatic heterocycles. The minimum absolute atomic E-state index is 0.00402. The molecule has 0 atom stereocenters. The molecule has 0 unspecified atom stereocenters. The molecule has 6 nitrogen and oxygen atoms in total. The molecule has 2 rings (SSSR count). The minimum atomic E-state index is -2.59. The molecular formula is C20H23F2N3O3S. The smallest absolute Gasteiger partial charge is 0.306 e. The van der Waals surface area contributed by atoms with Gasteiger partial charge in [-0.05, 0) is 74.7 Å². The highest BCUT2D eigenvalue weighted by molar-refractivity contribution is 7.99. The minimum Gasteiger partial charge on any atom is -0.456 e. The van der Waals surface area contributed by atoms with Crippen molar-refractivity contribution in [2.45, 2.75) is 51.5 Å². The lowest BCUT2D eigenvalue weighted by Crippen LogP contribution is -2.21. The normalized spacial score (nSPS) is 10.9. The summed E-state index contributed by atoms with van der Waals surface area (Å²) in [5.74, 6) is -3.56. The second-order valence-electron chi connectivity index (χ2n) is 6.54. The van der Waals surface area contributed by atoms with Gasteiger partial charge in [-0.1, -0.05) is 6.07 Å². The highest BCUT2D eigenvalue weighted by Gasteiger charge is 2.15. The monoisotopic (exact) mass is 423 g/mol. The van der Waals surface area contributed by atoms with Crippen molar-refractivity contribution in [1.29, 1.82) is 0 Å². The number of amides is 1. The summed E-state index contributed by atoms with van der Waals surface area (Å²) in [6, 6.07) is 5.52. The molecule has 0 aliphatic rings. The molecule has 0 bridgehead atoms. The summed E-state index contributed by atoms with van der Waals surface area (Å²) in [6.45, 7) is 6.90. The number of ether oxygens (including phenoxy) is 1. The zero-order valence-electron chi connectivity index (χ0n) is 16.7. The number of rotatable bonds is 8. The van der Waals surface area contributed by atoms with Gasteiger partial charge in [-0.25, -0.2) is 9.97 Å². The summed E-state index contributed by atoms with van der Waals surface area (Å²) < 4.78 is 29.9. The third-order valence-corrected chi connectivity index (χ3v) is 4.90. The molecule has 0 spiro atoms. The standard InChI is InChI=1S/C20H23F2N3O3S/c1-11-5-6-15(9-12(11)2)25-17(26)10-28-18(27)8-7-16-13(3)23-20(24-14(16)4)29-19(21)22/h5-6,9,19H,7-8,10H2,1-4H3,(H,25,26). The van der Waals surface area contributed by atoms with Crippen LogP contribution in [0.25, 0.3) is 0 Å². The van der Waals surface area contributed by atoms with E-state index in [1.54, 1.807) is 19.9 Å². The summed E-state index contributed by atoms with van der Waals surface area (Å²) in [4.78, 5) is 32.0. The largest absolute Gasteiger partial charge is 0.456 e. The van der Waals surface area contributed by atoms with E-state index in [1.807, 2.05) is 26.0 Å². The van der Waals surface area contributed by atoms with Crippen molar-refractivity contribution in [3.63, 3.8) is 0 Å². The highest BCUT2D eigenvalue weighted by Crippen LogP contribution is 2.24. The van der Waals surface area contributed by atoms with Crippen molar-refractivity contribution >= 4 is 29.3 Å². The number of halogens is 2. The fourth-order valence-corrected chi connectivity index (χ4v) is 3.20. The van der Waals surface area contributed by atoms with Gasteiger partial charge in [-0.3, -0.25) is 9.59 Å². The van der Waals surface area contributed by atoms with Gasteiger partial charge in [0.1, 0.15) is 0 Å². The maximum Gasteiger partial charge on any atom is 0.306 e. The Balaban J connectivity index is 1.83. The number of benzene rings is 1. The summed E-state index contributed by atoms with van der Waals surface area (Å²) in [5.41, 5.74) is 4.59. The quantitative estimate of drug-likeness (QED) is 0.390. The van der Waals surface area contributed by atoms with E-state index in [0.29, 0.717) is 29.1 Å². The number of alkyl halides is 2. The molecule has 0 radical (unpaired) electrons. The molecule has 156 valence electrons. The molecule has 1 heterocycles. The van der Waals surface area contributed by atoms with Crippen LogP contribution in [0.3, 0.4) is 0 Å². The fourth-order valence-electron chi connectivity index (χ4n) is 2.66. The van der Waals surface area contributed by atoms with Crippen LogP contribution in [0, 0.1) is 27.7 Å². The zero-order valence-corrected chi connectivity index (χ0v) is 17.5. The highest BCUT2D eigenvalue weighted by atomic mass is 32.2. The number of hydrogen-bond donors (Lipinski definition) is 1. The number of carbonyl (C=O) groups is 2. The van der Waals surface area contributed by atoms with E-state index in [4.69, 9.17) is 4.74 Å². The van der Waals surface area contributed by atoms with Crippen LogP contribution in [0.1, 0.15) is 34.5 Å². The molecule has 29 heavy (non-hydrogen) atoms. The van der Waals surface area contributed by atoms with Crippen molar-refractivity contribution in [2.75, 3.05) is 11.9 Å². The van der Waals surface area contributed by atoms with E-state index < -0.39 is 17.6 Å². The molecular weight excluding hydrogens is 400 g/mol. The first-order valence-corrected chi connectivity index (χ1v) is 9.85. The van der Waals surface area contributed by atoms with E-state index in [1.165, 1.54) is 0 Å². The second-order valence-corrected chi connectivity index (χ2v) is 7.50. The first kappa shape index (κ1) is 22.7. The van der Waals surface area contributed by atoms with Crippen molar-refractivity contribution < 1.29 is 23.1 Å². The summed E-state index contributed by atoms with van der Waals surface area (Å²) in [7, 11) is 0. The van der Waals surface area contributed by atoms with Crippen LogP contribution in [0.4, 0.5) is 14.5 Å². The second kappa shape index (κ2) is 10.3. The Hall–Kier alpha value is -2.55. The summed E-state index contributed by atoms with van der Waals surface area (Å²) >= 11 is 0.282. The van der Waals surface area contributed by atoms with E-state index in [0.717, 1.165) is 11.1 Å². The fraction of sp³-hybridized carbons (Fsp3) is 0.400. The van der Waals surface area contributed by atoms with Gasteiger partial charge in [0.05, 0.1) is 0 Å². The molecule has 0 saturated carbocycles. The number of nitrogens with zero attached hydrogens (tertiary/aromatic N) is 2. The van der Waals surface area contributed by atoms with Crippen molar-refractivity contribution in [3.05, 3.63) is 46.3 Å². The molecule has 2 aromatic rings. The Morgan fingerprint density at radius 3 is 2.34 bits per heavy atom. The molecule has 0 aliphatic carbocycles. The predicted octanol–water partition coefficient (Wildman–Crippen LogP) is 4.14. The van der Waals surface area contributed by atoms with Crippen LogP contribution in [-0.2, 0) is 20.7 Å². The number of carbonyl (C=O) groups excluding carboxylic acids is 2. The van der Waals surface area contributed by atoms with E-state index >= 15 is 0 Å². The number of anilines is 1. The number of hydrogen-bond acceptors (Lipinski definition) is 6. The van der Waals surface area contributed by atoms with Gasteiger partial charge in [0.25, 0.3) is 11.7 Å². The van der Waals surface area contributed by atoms with Crippen molar-refractivity contribution in [1.82, 2.24) is 9.97 Å². The molecule has 9 heteroatoms. The van der Waals surface area contributed by atoms with Gasteiger partial charge < -0.3 is 10.1 Å². The maximum atomic E-state index is 12.5. The lowest BCUT2D eigenvalue weighted by atomic mass is 10.1. The van der Waals surface area contributed by atoms with Crippen LogP contribution < -0.4 is 5.32 Å². The van der Waals surface area contributed by atoms with Gasteiger partial charge in [0.2, 0.25) is 0 Å². The summed E-state index contributed by atoms with van der Waals surface area (Å²) in [5, 5.41) is 2.68. The van der Waals surface area contributed by atoms with E-state index in [9.17, 15) is 18.4 Å². The third-order valence-electron chi connectivity index (χ3n) is 4.33. The number of nitrogens with one attached hydrogen (secondary N) is 1. The Bertz CT molecular complexity index is 884. The van der Waals surface area contributed by atoms with Crippen LogP contribution in [0.5, 0.6) is 0 Å². The van der Waals surface area contributed by atoms with Crippen molar-refractivity contribution in [2.24, 2.45) is 0 Å². The molecule has 0 aliphatic heterocycles. The Kier molecular flexibility index (Phi) is 8.07. The number of esters is 1. The average Bonchev–Trinajstić information content (AvgIpc) is 2.62. The zero-order chi connectivity index (χ0) is 21.6. The topological polar surface area (TPSA) is 81.2 Å². The molecule has 1 aromatic carbocycles. The lowest BCUT2D eigenvalue weighted by molar-refractivity contribution is -0.147. The van der Waals surface area contributed by atoms with Gasteiger partial charge in [-0.15, -0.1) is 0 Å².